The molecule has 0 radical (unpaired) electrons. The van der Waals surface area contributed by atoms with E-state index >= 15 is 0 Å². The number of carbonyl (C=O) groups is 1. The molecule has 0 unspecified atom stereocenters. The van der Waals surface area contributed by atoms with Gasteiger partial charge in [0.1, 0.15) is 0 Å². The van der Waals surface area contributed by atoms with Gasteiger partial charge in [-0.25, -0.2) is 0 Å². The Bertz CT molecular complexity index is 922. The van der Waals surface area contributed by atoms with Crippen LogP contribution in [0.2, 0.25) is 0 Å². The molecular weight excluding hydrogens is 369 g/mol. The minimum atomic E-state index is -4.38. The van der Waals surface area contributed by atoms with Crippen LogP contribution >= 0.6 is 0 Å². The first-order valence-electron chi connectivity index (χ1n) is 8.80. The molecule has 5 nitrogen and oxygen atoms in total. The lowest BCUT2D eigenvalue weighted by Gasteiger charge is -2.09. The molecule has 1 amide bonds. The second-order valence-electron chi connectivity index (χ2n) is 6.31. The maximum Gasteiger partial charge on any atom is 0.416 e. The summed E-state index contributed by atoms with van der Waals surface area (Å²) >= 11 is 0. The molecule has 0 aliphatic carbocycles. The van der Waals surface area contributed by atoms with E-state index in [0.29, 0.717) is 12.1 Å². The third-order valence-corrected chi connectivity index (χ3v) is 4.20. The van der Waals surface area contributed by atoms with Crippen molar-refractivity contribution in [1.82, 2.24) is 20.3 Å². The van der Waals surface area contributed by atoms with Crippen LogP contribution in [0.1, 0.15) is 27.2 Å². The maximum absolute atomic E-state index is 12.7. The lowest BCUT2D eigenvalue weighted by Crippen LogP contribution is -2.26. The van der Waals surface area contributed by atoms with Crippen LogP contribution in [0.4, 0.5) is 13.2 Å². The van der Waals surface area contributed by atoms with E-state index in [9.17, 15) is 18.0 Å². The molecule has 0 fully saturated rings. The van der Waals surface area contributed by atoms with Gasteiger partial charge in [0.05, 0.1) is 11.8 Å². The van der Waals surface area contributed by atoms with Crippen molar-refractivity contribution in [3.8, 4) is 0 Å². The van der Waals surface area contributed by atoms with Crippen molar-refractivity contribution >= 4 is 5.91 Å². The zero-order valence-corrected chi connectivity index (χ0v) is 15.0. The van der Waals surface area contributed by atoms with Gasteiger partial charge in [-0.05, 0) is 30.0 Å². The molecule has 0 aliphatic heterocycles. The van der Waals surface area contributed by atoms with Crippen LogP contribution in [0.3, 0.4) is 0 Å². The second-order valence-corrected chi connectivity index (χ2v) is 6.31. The van der Waals surface area contributed by atoms with E-state index in [1.165, 1.54) is 6.07 Å². The Kier molecular flexibility index (Phi) is 6.08. The average molecular weight is 388 g/mol. The molecule has 3 rings (SSSR count). The van der Waals surface area contributed by atoms with Crippen LogP contribution in [-0.2, 0) is 25.6 Å². The molecular formula is C20H19F3N4O. The number of aromatic nitrogens is 3. The summed E-state index contributed by atoms with van der Waals surface area (Å²) in [5.41, 5.74) is 1.14. The Morgan fingerprint density at radius 2 is 1.75 bits per heavy atom. The number of amides is 1. The first kappa shape index (κ1) is 19.6. The van der Waals surface area contributed by atoms with Crippen molar-refractivity contribution in [2.75, 3.05) is 6.54 Å². The van der Waals surface area contributed by atoms with Crippen LogP contribution in [0, 0.1) is 0 Å². The normalized spacial score (nSPS) is 11.4. The van der Waals surface area contributed by atoms with Gasteiger partial charge in [0.25, 0.3) is 5.91 Å². The van der Waals surface area contributed by atoms with Crippen molar-refractivity contribution in [3.63, 3.8) is 0 Å². The van der Waals surface area contributed by atoms with Crippen molar-refractivity contribution in [2.45, 2.75) is 25.6 Å². The molecule has 3 aromatic rings. The zero-order chi connectivity index (χ0) is 20.0. The number of aryl methyl sites for hydroxylation is 2. The molecule has 1 N–H and O–H groups in total. The highest BCUT2D eigenvalue weighted by molar-refractivity contribution is 5.91. The predicted octanol–water partition coefficient (Wildman–Crippen LogP) is 3.51. The Hall–Kier alpha value is -3.16. The number of halogens is 3. The molecule has 0 saturated heterocycles. The number of benzene rings is 2. The Morgan fingerprint density at radius 3 is 2.50 bits per heavy atom. The molecule has 0 spiro atoms. The second kappa shape index (κ2) is 8.69. The molecule has 1 heterocycles. The number of alkyl halides is 3. The molecule has 28 heavy (non-hydrogen) atoms. The number of hydrogen-bond acceptors (Lipinski definition) is 3. The van der Waals surface area contributed by atoms with Crippen LogP contribution in [0.15, 0.2) is 60.8 Å². The topological polar surface area (TPSA) is 59.8 Å². The fourth-order valence-electron chi connectivity index (χ4n) is 2.71. The average Bonchev–Trinajstić information content (AvgIpc) is 3.16. The summed E-state index contributed by atoms with van der Waals surface area (Å²) in [6.45, 7) is 0.797. The molecule has 146 valence electrons. The number of nitrogens with one attached hydrogen (secondary N) is 1. The van der Waals surface area contributed by atoms with E-state index in [0.717, 1.165) is 24.1 Å². The minimum Gasteiger partial charge on any atom is -0.350 e. The fraction of sp³-hybridized carbons (Fsp3) is 0.250. The summed E-state index contributed by atoms with van der Waals surface area (Å²) in [5.74, 6) is -0.405. The lowest BCUT2D eigenvalue weighted by molar-refractivity contribution is -0.137. The van der Waals surface area contributed by atoms with Gasteiger partial charge in [-0.2, -0.15) is 13.2 Å². The molecule has 0 saturated carbocycles. The van der Waals surface area contributed by atoms with E-state index in [1.807, 2.05) is 30.3 Å². The van der Waals surface area contributed by atoms with E-state index in [4.69, 9.17) is 0 Å². The van der Waals surface area contributed by atoms with Crippen LogP contribution in [-0.4, -0.2) is 27.4 Å². The van der Waals surface area contributed by atoms with Gasteiger partial charge in [-0.15, -0.1) is 5.10 Å². The van der Waals surface area contributed by atoms with E-state index in [-0.39, 0.29) is 18.7 Å². The van der Waals surface area contributed by atoms with E-state index in [1.54, 1.807) is 16.9 Å². The first-order valence-corrected chi connectivity index (χ1v) is 8.80. The van der Waals surface area contributed by atoms with Gasteiger partial charge < -0.3 is 5.32 Å². The minimum absolute atomic E-state index is 0.178. The third kappa shape index (κ3) is 5.42. The predicted molar refractivity (Wildman–Crippen MR) is 97.6 cm³/mol. The quantitative estimate of drug-likeness (QED) is 0.674. The number of nitrogens with zero attached hydrogens (tertiary/aromatic N) is 3. The smallest absolute Gasteiger partial charge is 0.350 e. The fourth-order valence-corrected chi connectivity index (χ4v) is 2.71. The van der Waals surface area contributed by atoms with Gasteiger partial charge in [0.2, 0.25) is 0 Å². The van der Waals surface area contributed by atoms with Gasteiger partial charge in [0, 0.05) is 13.1 Å². The van der Waals surface area contributed by atoms with Crippen LogP contribution < -0.4 is 5.32 Å². The molecule has 0 bridgehead atoms. The van der Waals surface area contributed by atoms with Crippen LogP contribution in [0.5, 0.6) is 0 Å². The molecule has 1 aromatic heterocycles. The van der Waals surface area contributed by atoms with Crippen molar-refractivity contribution in [2.24, 2.45) is 0 Å². The number of rotatable bonds is 7. The molecule has 2 aromatic carbocycles. The summed E-state index contributed by atoms with van der Waals surface area (Å²) in [7, 11) is 0. The van der Waals surface area contributed by atoms with Gasteiger partial charge in [-0.1, -0.05) is 53.7 Å². The maximum atomic E-state index is 12.7. The highest BCUT2D eigenvalue weighted by atomic mass is 19.4. The lowest BCUT2D eigenvalue weighted by atomic mass is 10.1. The Labute approximate surface area is 160 Å². The largest absolute Gasteiger partial charge is 0.416 e. The van der Waals surface area contributed by atoms with Crippen molar-refractivity contribution in [3.05, 3.63) is 83.2 Å². The van der Waals surface area contributed by atoms with Gasteiger partial charge in [-0.3, -0.25) is 9.48 Å². The summed E-state index contributed by atoms with van der Waals surface area (Å²) < 4.78 is 39.8. The Balaban J connectivity index is 1.48. The van der Waals surface area contributed by atoms with E-state index < -0.39 is 17.6 Å². The summed E-state index contributed by atoms with van der Waals surface area (Å²) in [6, 6.07) is 15.0. The van der Waals surface area contributed by atoms with Crippen molar-refractivity contribution < 1.29 is 18.0 Å². The number of hydrogen-bond donors (Lipinski definition) is 1. The summed E-state index contributed by atoms with van der Waals surface area (Å²) in [4.78, 5) is 12.1. The summed E-state index contributed by atoms with van der Waals surface area (Å²) in [6.07, 6.45) is -1.77. The zero-order valence-electron chi connectivity index (χ0n) is 15.0. The highest BCUT2D eigenvalue weighted by Crippen LogP contribution is 2.29. The number of carbonyl (C=O) groups excluding carboxylic acids is 1. The summed E-state index contributed by atoms with van der Waals surface area (Å²) in [5, 5.41) is 10.4. The molecule has 0 atom stereocenters. The third-order valence-electron chi connectivity index (χ3n) is 4.20. The van der Waals surface area contributed by atoms with Gasteiger partial charge >= 0.3 is 6.18 Å². The molecule has 0 aliphatic rings. The standard InChI is InChI=1S/C20H19F3N4O/c21-20(22,23)17-8-4-7-16(13-17)9-11-24-19(28)18-14-27(26-25-18)12-10-15-5-2-1-3-6-15/h1-8,13-14H,9-12H2,(H,24,28). The van der Waals surface area contributed by atoms with Crippen LogP contribution in [0.25, 0.3) is 0 Å². The van der Waals surface area contributed by atoms with Crippen molar-refractivity contribution in [1.29, 1.82) is 0 Å². The Morgan fingerprint density at radius 1 is 1.00 bits per heavy atom. The van der Waals surface area contributed by atoms with E-state index in [2.05, 4.69) is 15.6 Å². The monoisotopic (exact) mass is 388 g/mol. The SMILES string of the molecule is O=C(NCCc1cccc(C(F)(F)F)c1)c1cn(CCc2ccccc2)nn1. The highest BCUT2D eigenvalue weighted by Gasteiger charge is 2.30. The first-order chi connectivity index (χ1) is 13.4. The van der Waals surface area contributed by atoms with Gasteiger partial charge in [0.15, 0.2) is 5.69 Å². The molecule has 8 heteroatoms.